The van der Waals surface area contributed by atoms with Crippen LogP contribution >= 0.6 is 34.8 Å². The molecule has 0 bridgehead atoms. The van der Waals surface area contributed by atoms with Crippen molar-refractivity contribution in [3.05, 3.63) is 28.8 Å². The summed E-state index contributed by atoms with van der Waals surface area (Å²) in [6, 6.07) is 4.02. The predicted molar refractivity (Wildman–Crippen MR) is 93.1 cm³/mol. The van der Waals surface area contributed by atoms with Gasteiger partial charge in [-0.3, -0.25) is 5.32 Å². The molecule has 1 amide bonds. The first-order valence-electron chi connectivity index (χ1n) is 6.89. The zero-order valence-electron chi connectivity index (χ0n) is 13.3. The molecule has 1 aromatic carbocycles. The van der Waals surface area contributed by atoms with E-state index in [0.717, 1.165) is 22.4 Å². The van der Waals surface area contributed by atoms with E-state index in [0.29, 0.717) is 0 Å². The fourth-order valence-electron chi connectivity index (χ4n) is 2.12. The van der Waals surface area contributed by atoms with E-state index in [-0.39, 0.29) is 6.10 Å². The van der Waals surface area contributed by atoms with Gasteiger partial charge < -0.3 is 10.1 Å². The summed E-state index contributed by atoms with van der Waals surface area (Å²) in [6.07, 6.45) is -1.84. The first-order chi connectivity index (χ1) is 10.0. The summed E-state index contributed by atoms with van der Waals surface area (Å²) in [5.74, 6) is 0. The van der Waals surface area contributed by atoms with Crippen LogP contribution in [-0.4, -0.2) is 22.2 Å². The highest BCUT2D eigenvalue weighted by atomic mass is 35.6. The molecule has 0 heterocycles. The number of hydrogen-bond donors (Lipinski definition) is 2. The summed E-state index contributed by atoms with van der Waals surface area (Å²) in [7, 11) is 0. The lowest BCUT2D eigenvalue weighted by molar-refractivity contribution is 0.113. The number of anilines is 1. The van der Waals surface area contributed by atoms with Crippen LogP contribution in [0.15, 0.2) is 12.1 Å². The summed E-state index contributed by atoms with van der Waals surface area (Å²) < 4.78 is 3.29. The Morgan fingerprint density at radius 1 is 1.14 bits per heavy atom. The first-order valence-corrected chi connectivity index (χ1v) is 8.02. The van der Waals surface area contributed by atoms with Gasteiger partial charge in [0.2, 0.25) is 3.79 Å². The molecule has 4 nitrogen and oxygen atoms in total. The van der Waals surface area contributed by atoms with Gasteiger partial charge in [0, 0.05) is 5.69 Å². The molecule has 0 aliphatic rings. The molecule has 0 aliphatic carbocycles. The Balaban J connectivity index is 2.98. The number of aryl methyl sites for hydroxylation is 3. The average Bonchev–Trinajstić information content (AvgIpc) is 2.29. The van der Waals surface area contributed by atoms with Crippen molar-refractivity contribution in [3.8, 4) is 0 Å². The highest BCUT2D eigenvalue weighted by Gasteiger charge is 2.35. The van der Waals surface area contributed by atoms with E-state index in [2.05, 4.69) is 10.6 Å². The van der Waals surface area contributed by atoms with Crippen molar-refractivity contribution in [3.63, 3.8) is 0 Å². The Kier molecular flexibility index (Phi) is 6.65. The average molecular weight is 368 g/mol. The number of carbonyl (C=O) groups is 1. The van der Waals surface area contributed by atoms with Crippen LogP contribution in [0.2, 0.25) is 0 Å². The van der Waals surface area contributed by atoms with E-state index < -0.39 is 16.1 Å². The number of rotatable bonds is 4. The second-order valence-corrected chi connectivity index (χ2v) is 7.86. The molecule has 1 rings (SSSR count). The van der Waals surface area contributed by atoms with Crippen LogP contribution in [0, 0.1) is 20.8 Å². The molecular weight excluding hydrogens is 347 g/mol. The van der Waals surface area contributed by atoms with Gasteiger partial charge in [0.05, 0.1) is 6.10 Å². The van der Waals surface area contributed by atoms with Crippen LogP contribution in [0.3, 0.4) is 0 Å². The number of alkyl carbamates (subject to hydrolysis) is 1. The first kappa shape index (κ1) is 19.2. The lowest BCUT2D eigenvalue weighted by Crippen LogP contribution is -2.49. The molecule has 1 aromatic rings. The van der Waals surface area contributed by atoms with Gasteiger partial charge in [-0.1, -0.05) is 52.5 Å². The third-order valence-corrected chi connectivity index (χ3v) is 3.55. The van der Waals surface area contributed by atoms with Crippen molar-refractivity contribution in [2.24, 2.45) is 0 Å². The number of benzene rings is 1. The minimum absolute atomic E-state index is 0.265. The summed E-state index contributed by atoms with van der Waals surface area (Å²) in [4.78, 5) is 11.8. The molecule has 0 saturated heterocycles. The van der Waals surface area contributed by atoms with Crippen LogP contribution in [0.4, 0.5) is 10.5 Å². The van der Waals surface area contributed by atoms with E-state index in [1.165, 1.54) is 0 Å². The Labute approximate surface area is 146 Å². The molecule has 22 heavy (non-hydrogen) atoms. The molecule has 0 radical (unpaired) electrons. The summed E-state index contributed by atoms with van der Waals surface area (Å²) in [5.41, 5.74) is 3.94. The maximum absolute atomic E-state index is 11.8. The number of halogens is 3. The molecule has 2 N–H and O–H groups in total. The van der Waals surface area contributed by atoms with Crippen molar-refractivity contribution in [2.75, 3.05) is 5.32 Å². The number of amides is 1. The minimum Gasteiger partial charge on any atom is -0.447 e. The van der Waals surface area contributed by atoms with Gasteiger partial charge in [-0.05, 0) is 45.7 Å². The van der Waals surface area contributed by atoms with Gasteiger partial charge in [-0.15, -0.1) is 0 Å². The summed E-state index contributed by atoms with van der Waals surface area (Å²) in [6.45, 7) is 9.39. The molecular formula is C15H21Cl3N2O2. The van der Waals surface area contributed by atoms with Crippen molar-refractivity contribution in [1.82, 2.24) is 5.32 Å². The number of carbonyl (C=O) groups excluding carboxylic acids is 1. The van der Waals surface area contributed by atoms with Crippen LogP contribution in [-0.2, 0) is 4.74 Å². The fourth-order valence-corrected chi connectivity index (χ4v) is 2.45. The molecule has 1 atom stereocenters. The highest BCUT2D eigenvalue weighted by Crippen LogP contribution is 2.33. The van der Waals surface area contributed by atoms with Crippen molar-refractivity contribution >= 4 is 46.6 Å². The summed E-state index contributed by atoms with van der Waals surface area (Å²) in [5, 5.41) is 5.62. The fraction of sp³-hybridized carbons (Fsp3) is 0.533. The van der Waals surface area contributed by atoms with E-state index in [9.17, 15) is 4.79 Å². The largest absolute Gasteiger partial charge is 0.447 e. The van der Waals surface area contributed by atoms with Gasteiger partial charge in [0.15, 0.2) is 0 Å². The van der Waals surface area contributed by atoms with Gasteiger partial charge in [-0.25, -0.2) is 4.79 Å². The molecule has 0 aliphatic heterocycles. The number of nitrogens with one attached hydrogen (secondary N) is 2. The monoisotopic (exact) mass is 366 g/mol. The minimum atomic E-state index is -1.74. The number of hydrogen-bond acceptors (Lipinski definition) is 3. The maximum atomic E-state index is 11.8. The number of alkyl halides is 3. The predicted octanol–water partition coefficient (Wildman–Crippen LogP) is 4.85. The van der Waals surface area contributed by atoms with Crippen molar-refractivity contribution < 1.29 is 9.53 Å². The lowest BCUT2D eigenvalue weighted by Gasteiger charge is -2.29. The molecule has 7 heteroatoms. The van der Waals surface area contributed by atoms with Gasteiger partial charge in [0.1, 0.15) is 6.17 Å². The topological polar surface area (TPSA) is 50.4 Å². The number of ether oxygens (including phenoxy) is 1. The third kappa shape index (κ3) is 5.75. The highest BCUT2D eigenvalue weighted by molar-refractivity contribution is 6.68. The van der Waals surface area contributed by atoms with Crippen LogP contribution in [0.1, 0.15) is 30.5 Å². The van der Waals surface area contributed by atoms with Gasteiger partial charge >= 0.3 is 6.09 Å². The third-order valence-electron chi connectivity index (χ3n) is 2.90. The molecule has 0 fully saturated rings. The SMILES string of the molecule is Cc1cc(C)c(N[C@@H](NC(=O)OC(C)C)C(Cl)(Cl)Cl)c(C)c1. The van der Waals surface area contributed by atoms with E-state index >= 15 is 0 Å². The zero-order valence-corrected chi connectivity index (χ0v) is 15.5. The molecule has 0 saturated carbocycles. The van der Waals surface area contributed by atoms with Gasteiger partial charge in [-0.2, -0.15) is 0 Å². The van der Waals surface area contributed by atoms with E-state index in [4.69, 9.17) is 39.5 Å². The van der Waals surface area contributed by atoms with Crippen LogP contribution in [0.25, 0.3) is 0 Å². The molecule has 0 spiro atoms. The van der Waals surface area contributed by atoms with Crippen molar-refractivity contribution in [2.45, 2.75) is 50.7 Å². The standard InChI is InChI=1S/C15H21Cl3N2O2/c1-8(2)22-14(21)20-13(15(16,17)18)19-12-10(4)6-9(3)7-11(12)5/h6-8,13,19H,1-5H3,(H,20,21)/t13-/m0/s1. The zero-order chi connectivity index (χ0) is 17.1. The maximum Gasteiger partial charge on any atom is 0.409 e. The van der Waals surface area contributed by atoms with Crippen molar-refractivity contribution in [1.29, 1.82) is 0 Å². The Hall–Kier alpha value is -0.840. The quantitative estimate of drug-likeness (QED) is 0.590. The van der Waals surface area contributed by atoms with E-state index in [1.54, 1.807) is 13.8 Å². The molecule has 0 aromatic heterocycles. The van der Waals surface area contributed by atoms with E-state index in [1.807, 2.05) is 32.9 Å². The van der Waals surface area contributed by atoms with Gasteiger partial charge in [0.25, 0.3) is 0 Å². The summed E-state index contributed by atoms with van der Waals surface area (Å²) >= 11 is 17.9. The molecule has 124 valence electrons. The smallest absolute Gasteiger partial charge is 0.409 e. The Morgan fingerprint density at radius 2 is 1.64 bits per heavy atom. The second kappa shape index (κ2) is 7.62. The van der Waals surface area contributed by atoms with Crippen LogP contribution in [0.5, 0.6) is 0 Å². The molecule has 0 unspecified atom stereocenters. The normalized spacial score (nSPS) is 13.0. The Bertz CT molecular complexity index is 519. The second-order valence-electron chi connectivity index (χ2n) is 5.49. The van der Waals surface area contributed by atoms with Crippen LogP contribution < -0.4 is 10.6 Å². The lowest BCUT2D eigenvalue weighted by atomic mass is 10.1. The Morgan fingerprint density at radius 3 is 2.05 bits per heavy atom.